The Kier molecular flexibility index (Phi) is 6.47. The summed E-state index contributed by atoms with van der Waals surface area (Å²) in [6.07, 6.45) is 2.92. The Morgan fingerprint density at radius 2 is 1.81 bits per heavy atom. The van der Waals surface area contributed by atoms with Crippen LogP contribution >= 0.6 is 0 Å². The molecule has 2 aliphatic rings. The number of alkyl carbamates (subject to hydrolysis) is 1. The van der Waals surface area contributed by atoms with Crippen LogP contribution in [0.2, 0.25) is 0 Å². The zero-order valence-corrected chi connectivity index (χ0v) is 14.2. The molecule has 3 N–H and O–H groups in total. The number of ether oxygens (including phenoxy) is 1. The summed E-state index contributed by atoms with van der Waals surface area (Å²) in [6, 6.07) is -0.173. The zero-order chi connectivity index (χ0) is 16.1. The quantitative estimate of drug-likeness (QED) is 0.695. The lowest BCUT2D eigenvalue weighted by molar-refractivity contribution is 0.0450. The highest BCUT2D eigenvalue weighted by Gasteiger charge is 2.45. The number of rotatable bonds is 1. The number of hydrogen-bond donors (Lipinski definition) is 3. The van der Waals surface area contributed by atoms with E-state index in [0.717, 1.165) is 38.8 Å². The minimum atomic E-state index is -0.500. The van der Waals surface area contributed by atoms with Crippen molar-refractivity contribution in [2.24, 2.45) is 5.41 Å². The Morgan fingerprint density at radius 1 is 1.24 bits per heavy atom. The van der Waals surface area contributed by atoms with Gasteiger partial charge in [0.15, 0.2) is 0 Å². The van der Waals surface area contributed by atoms with Gasteiger partial charge in [-0.25, -0.2) is 4.79 Å². The van der Waals surface area contributed by atoms with E-state index in [-0.39, 0.29) is 11.5 Å². The fourth-order valence-electron chi connectivity index (χ4n) is 3.24. The Balaban J connectivity index is 0.00000106. The van der Waals surface area contributed by atoms with Gasteiger partial charge in [-0.3, -0.25) is 0 Å². The molecule has 1 saturated carbocycles. The number of piperidine rings is 1. The van der Waals surface area contributed by atoms with Gasteiger partial charge in [0.25, 0.3) is 0 Å². The first-order valence-corrected chi connectivity index (χ1v) is 8.18. The summed E-state index contributed by atoms with van der Waals surface area (Å²) >= 11 is 0. The van der Waals surface area contributed by atoms with Crippen molar-refractivity contribution in [1.29, 1.82) is 0 Å². The van der Waals surface area contributed by atoms with Crippen molar-refractivity contribution >= 4 is 6.09 Å². The van der Waals surface area contributed by atoms with Crippen molar-refractivity contribution in [3.63, 3.8) is 0 Å². The molecule has 1 amide bonds. The summed E-state index contributed by atoms with van der Waals surface area (Å²) in [5, 5.41) is 16.3. The molecule has 0 bridgehead atoms. The average molecular weight is 300 g/mol. The van der Waals surface area contributed by atoms with E-state index >= 15 is 0 Å². The standard InChI is InChI=1S/C14H26N2O3.C2H6/c1-13(2,3)19-12(18)16-10-8-14(9-11(10)17)4-6-15-7-5-14;1-2/h10-11,15,17H,4-9H2,1-3H3,(H,16,18);1-2H3. The number of carbonyl (C=O) groups excluding carboxylic acids is 1. The first kappa shape index (κ1) is 18.2. The molecule has 2 atom stereocenters. The Morgan fingerprint density at radius 3 is 2.33 bits per heavy atom. The van der Waals surface area contributed by atoms with Gasteiger partial charge in [-0.1, -0.05) is 13.8 Å². The normalized spacial score (nSPS) is 27.7. The summed E-state index contributed by atoms with van der Waals surface area (Å²) in [6.45, 7) is 11.5. The molecule has 2 rings (SSSR count). The van der Waals surface area contributed by atoms with Gasteiger partial charge in [-0.2, -0.15) is 0 Å². The Bertz CT molecular complexity index is 333. The van der Waals surface area contributed by atoms with Crippen molar-refractivity contribution in [1.82, 2.24) is 10.6 Å². The van der Waals surface area contributed by atoms with E-state index < -0.39 is 17.8 Å². The van der Waals surface area contributed by atoms with Gasteiger partial charge < -0.3 is 20.5 Å². The van der Waals surface area contributed by atoms with Crippen molar-refractivity contribution in [3.05, 3.63) is 0 Å². The van der Waals surface area contributed by atoms with Crippen LogP contribution in [-0.4, -0.2) is 42.0 Å². The van der Waals surface area contributed by atoms with Gasteiger partial charge in [-0.15, -0.1) is 0 Å². The first-order chi connectivity index (χ1) is 9.80. The average Bonchev–Trinajstić information content (AvgIpc) is 2.66. The third-order valence-corrected chi connectivity index (χ3v) is 4.13. The lowest BCUT2D eigenvalue weighted by atomic mass is 9.77. The topological polar surface area (TPSA) is 70.6 Å². The molecule has 1 aliphatic heterocycles. The second-order valence-electron chi connectivity index (χ2n) is 6.98. The molecular formula is C16H32N2O3. The van der Waals surface area contributed by atoms with Crippen LogP contribution in [0, 0.1) is 5.41 Å². The Labute approximate surface area is 128 Å². The number of amides is 1. The minimum absolute atomic E-state index is 0.173. The number of aliphatic hydroxyl groups is 1. The van der Waals surface area contributed by atoms with Crippen molar-refractivity contribution in [2.75, 3.05) is 13.1 Å². The highest BCUT2D eigenvalue weighted by Crippen LogP contribution is 2.45. The van der Waals surface area contributed by atoms with Crippen LogP contribution in [0.15, 0.2) is 0 Å². The molecule has 0 aromatic heterocycles. The lowest BCUT2D eigenvalue weighted by Gasteiger charge is -2.33. The maximum absolute atomic E-state index is 11.8. The number of nitrogens with one attached hydrogen (secondary N) is 2. The molecule has 1 spiro atoms. The van der Waals surface area contributed by atoms with Crippen LogP contribution in [0.5, 0.6) is 0 Å². The van der Waals surface area contributed by atoms with Gasteiger partial charge in [-0.05, 0) is 65.0 Å². The number of carbonyl (C=O) groups is 1. The summed E-state index contributed by atoms with van der Waals surface area (Å²) in [4.78, 5) is 11.8. The van der Waals surface area contributed by atoms with E-state index in [2.05, 4.69) is 10.6 Å². The van der Waals surface area contributed by atoms with Crippen LogP contribution < -0.4 is 10.6 Å². The predicted octanol–water partition coefficient (Wildman–Crippen LogP) is 2.43. The van der Waals surface area contributed by atoms with Crippen LogP contribution in [0.4, 0.5) is 4.79 Å². The molecule has 1 saturated heterocycles. The van der Waals surface area contributed by atoms with Crippen molar-refractivity contribution in [2.45, 2.75) is 78.0 Å². The second kappa shape index (κ2) is 7.45. The molecule has 2 fully saturated rings. The van der Waals surface area contributed by atoms with Gasteiger partial charge in [0.05, 0.1) is 12.1 Å². The van der Waals surface area contributed by atoms with E-state index in [1.165, 1.54) is 0 Å². The van der Waals surface area contributed by atoms with Crippen LogP contribution in [-0.2, 0) is 4.74 Å². The molecule has 5 nitrogen and oxygen atoms in total. The number of aliphatic hydroxyl groups excluding tert-OH is 1. The van der Waals surface area contributed by atoms with E-state index in [4.69, 9.17) is 4.74 Å². The van der Waals surface area contributed by atoms with Crippen LogP contribution in [0.3, 0.4) is 0 Å². The molecule has 0 aromatic carbocycles. The molecule has 0 radical (unpaired) electrons. The zero-order valence-electron chi connectivity index (χ0n) is 14.2. The maximum atomic E-state index is 11.8. The SMILES string of the molecule is CC.CC(C)(C)OC(=O)NC1CC2(CCNCC2)CC1O. The van der Waals surface area contributed by atoms with E-state index in [1.54, 1.807) is 0 Å². The van der Waals surface area contributed by atoms with Crippen molar-refractivity contribution in [3.8, 4) is 0 Å². The minimum Gasteiger partial charge on any atom is -0.444 e. The first-order valence-electron chi connectivity index (χ1n) is 8.18. The fourth-order valence-corrected chi connectivity index (χ4v) is 3.24. The molecule has 0 aromatic rings. The van der Waals surface area contributed by atoms with Crippen molar-refractivity contribution < 1.29 is 14.6 Å². The Hall–Kier alpha value is -0.810. The second-order valence-corrected chi connectivity index (χ2v) is 6.98. The fraction of sp³-hybridized carbons (Fsp3) is 0.938. The smallest absolute Gasteiger partial charge is 0.407 e. The summed E-state index contributed by atoms with van der Waals surface area (Å²) in [5.41, 5.74) is -0.301. The van der Waals surface area contributed by atoms with Gasteiger partial charge in [0.2, 0.25) is 0 Å². The summed E-state index contributed by atoms with van der Waals surface area (Å²) in [5.74, 6) is 0. The molecule has 1 heterocycles. The van der Waals surface area contributed by atoms with Gasteiger partial charge in [0.1, 0.15) is 5.60 Å². The van der Waals surface area contributed by atoms with E-state index in [0.29, 0.717) is 0 Å². The molecule has 5 heteroatoms. The third kappa shape index (κ3) is 5.47. The van der Waals surface area contributed by atoms with Crippen LogP contribution in [0.1, 0.15) is 60.3 Å². The summed E-state index contributed by atoms with van der Waals surface area (Å²) < 4.78 is 5.25. The monoisotopic (exact) mass is 300 g/mol. The highest BCUT2D eigenvalue weighted by atomic mass is 16.6. The number of hydrogen-bond acceptors (Lipinski definition) is 4. The van der Waals surface area contributed by atoms with E-state index in [9.17, 15) is 9.90 Å². The molecule has 1 aliphatic carbocycles. The lowest BCUT2D eigenvalue weighted by Crippen LogP contribution is -2.43. The van der Waals surface area contributed by atoms with Gasteiger partial charge >= 0.3 is 6.09 Å². The molecular weight excluding hydrogens is 268 g/mol. The molecule has 21 heavy (non-hydrogen) atoms. The molecule has 124 valence electrons. The van der Waals surface area contributed by atoms with Gasteiger partial charge in [0, 0.05) is 0 Å². The summed E-state index contributed by atoms with van der Waals surface area (Å²) in [7, 11) is 0. The maximum Gasteiger partial charge on any atom is 0.407 e. The van der Waals surface area contributed by atoms with Crippen LogP contribution in [0.25, 0.3) is 0 Å². The highest BCUT2D eigenvalue weighted by molar-refractivity contribution is 5.68. The molecule has 2 unspecified atom stereocenters. The predicted molar refractivity (Wildman–Crippen MR) is 84.3 cm³/mol. The largest absolute Gasteiger partial charge is 0.444 e. The third-order valence-electron chi connectivity index (χ3n) is 4.13. The van der Waals surface area contributed by atoms with E-state index in [1.807, 2.05) is 34.6 Å².